The number of nitrogens with one attached hydrogen (secondary N) is 2. The number of aromatic nitrogens is 2. The lowest BCUT2D eigenvalue weighted by Crippen LogP contribution is -2.42. The second-order valence-electron chi connectivity index (χ2n) is 5.04. The number of H-pyrrole nitrogens is 1. The van der Waals surface area contributed by atoms with E-state index in [0.29, 0.717) is 0 Å². The van der Waals surface area contributed by atoms with E-state index in [0.717, 1.165) is 10.6 Å². The van der Waals surface area contributed by atoms with Crippen molar-refractivity contribution in [3.63, 3.8) is 0 Å². The molecule has 1 amide bonds. The third kappa shape index (κ3) is 6.36. The first kappa shape index (κ1) is 19.6. The highest BCUT2D eigenvalue weighted by Gasteiger charge is 2.22. The Hall–Kier alpha value is -2.43. The molecule has 0 radical (unpaired) electrons. The van der Waals surface area contributed by atoms with Crippen LogP contribution < -0.4 is 16.6 Å². The molecule has 1 rings (SSSR count). The Kier molecular flexibility index (Phi) is 6.89. The molecule has 0 aliphatic rings. The van der Waals surface area contributed by atoms with E-state index >= 15 is 0 Å². The summed E-state index contributed by atoms with van der Waals surface area (Å²) < 4.78 is 23.9. The maximum atomic E-state index is 11.8. The molecule has 10 nitrogen and oxygen atoms in total. The van der Waals surface area contributed by atoms with Gasteiger partial charge in [0.25, 0.3) is 5.56 Å². The zero-order valence-electron chi connectivity index (χ0n) is 13.0. The van der Waals surface area contributed by atoms with Crippen LogP contribution in [0.25, 0.3) is 0 Å². The number of hydrogen-bond donors (Lipinski definition) is 3. The van der Waals surface area contributed by atoms with Crippen LogP contribution in [0.4, 0.5) is 0 Å². The zero-order valence-corrected chi connectivity index (χ0v) is 13.8. The van der Waals surface area contributed by atoms with Gasteiger partial charge in [-0.25, -0.2) is 18.0 Å². The van der Waals surface area contributed by atoms with Crippen molar-refractivity contribution in [2.24, 2.45) is 0 Å². The molecule has 24 heavy (non-hydrogen) atoms. The number of carboxylic acid groups (broad SMARTS) is 1. The Labute approximate surface area is 137 Å². The lowest BCUT2D eigenvalue weighted by atomic mass is 10.2. The summed E-state index contributed by atoms with van der Waals surface area (Å²) in [5, 5.41) is 11.3. The molecule has 0 aliphatic heterocycles. The van der Waals surface area contributed by atoms with E-state index in [2.05, 4.69) is 5.32 Å². The van der Waals surface area contributed by atoms with Crippen LogP contribution in [0, 0.1) is 0 Å². The lowest BCUT2D eigenvalue weighted by Gasteiger charge is -2.14. The summed E-state index contributed by atoms with van der Waals surface area (Å²) in [6, 6.07) is -0.208. The van der Waals surface area contributed by atoms with Gasteiger partial charge in [0.1, 0.15) is 15.9 Å². The van der Waals surface area contributed by atoms with Crippen molar-refractivity contribution in [2.75, 3.05) is 11.5 Å². The number of aryl methyl sites for hydroxylation is 1. The van der Waals surface area contributed by atoms with Crippen LogP contribution in [0.15, 0.2) is 21.9 Å². The van der Waals surface area contributed by atoms with E-state index in [1.165, 1.54) is 13.1 Å². The summed E-state index contributed by atoms with van der Waals surface area (Å²) in [5.41, 5.74) is -1.25. The quantitative estimate of drug-likeness (QED) is 0.474. The van der Waals surface area contributed by atoms with E-state index < -0.39 is 39.0 Å². The number of rotatable bonds is 9. The number of nitrogens with zero attached hydrogens (tertiary/aromatic N) is 1. The smallest absolute Gasteiger partial charge is 0.328 e. The molecule has 11 heteroatoms. The summed E-state index contributed by atoms with van der Waals surface area (Å²) >= 11 is 0. The standard InChI is InChI=1S/C13H19N3O7S/c1-2-24(22,23)8-5-9(12(19)20)14-10(17)3-6-16-7-4-11(18)15-13(16)21/h4,7,9H,2-3,5-6,8H2,1H3,(H,14,17)(H,19,20)(H,15,18,21). The normalized spacial score (nSPS) is 12.5. The largest absolute Gasteiger partial charge is 0.480 e. The molecule has 1 heterocycles. The van der Waals surface area contributed by atoms with Crippen molar-refractivity contribution in [3.8, 4) is 0 Å². The molecular weight excluding hydrogens is 342 g/mol. The van der Waals surface area contributed by atoms with Gasteiger partial charge in [-0.1, -0.05) is 6.92 Å². The number of carbonyl (C=O) groups is 2. The monoisotopic (exact) mass is 361 g/mol. The predicted molar refractivity (Wildman–Crippen MR) is 84.5 cm³/mol. The molecule has 3 N–H and O–H groups in total. The lowest BCUT2D eigenvalue weighted by molar-refractivity contribution is -0.141. The van der Waals surface area contributed by atoms with Crippen molar-refractivity contribution >= 4 is 21.7 Å². The summed E-state index contributed by atoms with van der Waals surface area (Å²) in [6.45, 7) is 1.40. The van der Waals surface area contributed by atoms with Gasteiger partial charge in [-0.15, -0.1) is 0 Å². The zero-order chi connectivity index (χ0) is 18.3. The Bertz CT molecular complexity index is 809. The van der Waals surface area contributed by atoms with Gasteiger partial charge in [-0.3, -0.25) is 14.6 Å². The van der Waals surface area contributed by atoms with E-state index in [1.54, 1.807) is 0 Å². The highest BCUT2D eigenvalue weighted by molar-refractivity contribution is 7.91. The van der Waals surface area contributed by atoms with Crippen LogP contribution in [0.1, 0.15) is 19.8 Å². The van der Waals surface area contributed by atoms with Crippen LogP contribution >= 0.6 is 0 Å². The molecule has 134 valence electrons. The van der Waals surface area contributed by atoms with Crippen LogP contribution in [0.2, 0.25) is 0 Å². The van der Waals surface area contributed by atoms with Crippen molar-refractivity contribution < 1.29 is 23.1 Å². The molecule has 0 saturated heterocycles. The average Bonchev–Trinajstić information content (AvgIpc) is 2.50. The molecular formula is C13H19N3O7S. The van der Waals surface area contributed by atoms with E-state index in [-0.39, 0.29) is 30.9 Å². The fraction of sp³-hybridized carbons (Fsp3) is 0.538. The van der Waals surface area contributed by atoms with Crippen molar-refractivity contribution in [1.29, 1.82) is 0 Å². The minimum absolute atomic E-state index is 0.0545. The van der Waals surface area contributed by atoms with Gasteiger partial charge < -0.3 is 15.0 Å². The number of hydrogen-bond acceptors (Lipinski definition) is 6. The van der Waals surface area contributed by atoms with Gasteiger partial charge in [-0.2, -0.15) is 0 Å². The summed E-state index contributed by atoms with van der Waals surface area (Å²) in [7, 11) is -3.34. The number of carboxylic acids is 1. The maximum Gasteiger partial charge on any atom is 0.328 e. The van der Waals surface area contributed by atoms with Gasteiger partial charge in [-0.05, 0) is 6.42 Å². The molecule has 1 aromatic rings. The topological polar surface area (TPSA) is 155 Å². The van der Waals surface area contributed by atoms with Gasteiger partial charge in [0.05, 0.1) is 5.75 Å². The molecule has 0 bridgehead atoms. The van der Waals surface area contributed by atoms with Gasteiger partial charge in [0.15, 0.2) is 0 Å². The summed E-state index contributed by atoms with van der Waals surface area (Å²) in [5.74, 6) is -2.44. The van der Waals surface area contributed by atoms with E-state index in [4.69, 9.17) is 5.11 Å². The summed E-state index contributed by atoms with van der Waals surface area (Å²) in [6.07, 6.45) is 0.781. The number of amides is 1. The van der Waals surface area contributed by atoms with Crippen LogP contribution in [0.5, 0.6) is 0 Å². The van der Waals surface area contributed by atoms with Crippen molar-refractivity contribution in [1.82, 2.24) is 14.9 Å². The van der Waals surface area contributed by atoms with Crippen LogP contribution in [0.3, 0.4) is 0 Å². The number of aliphatic carboxylic acids is 1. The van der Waals surface area contributed by atoms with E-state index in [1.807, 2.05) is 4.98 Å². The van der Waals surface area contributed by atoms with Crippen LogP contribution in [-0.2, 0) is 26.0 Å². The van der Waals surface area contributed by atoms with Crippen LogP contribution in [-0.4, -0.2) is 52.5 Å². The minimum atomic E-state index is -3.34. The molecule has 0 saturated carbocycles. The average molecular weight is 361 g/mol. The molecule has 0 aromatic carbocycles. The Balaban J connectivity index is 2.61. The highest BCUT2D eigenvalue weighted by Crippen LogP contribution is 2.00. The predicted octanol–water partition coefficient (Wildman–Crippen LogP) is -1.68. The Morgan fingerprint density at radius 3 is 2.58 bits per heavy atom. The molecule has 0 spiro atoms. The molecule has 1 atom stereocenters. The SMILES string of the molecule is CCS(=O)(=O)CCC(NC(=O)CCn1ccc(=O)[nH]c1=O)C(=O)O. The van der Waals surface area contributed by atoms with Crippen molar-refractivity contribution in [3.05, 3.63) is 33.1 Å². The second kappa shape index (κ2) is 8.43. The molecule has 1 unspecified atom stereocenters. The fourth-order valence-corrected chi connectivity index (χ4v) is 2.69. The van der Waals surface area contributed by atoms with E-state index in [9.17, 15) is 27.6 Å². The van der Waals surface area contributed by atoms with Crippen molar-refractivity contribution in [2.45, 2.75) is 32.4 Å². The number of aromatic amines is 1. The van der Waals surface area contributed by atoms with Gasteiger partial charge in [0.2, 0.25) is 5.91 Å². The molecule has 0 fully saturated rings. The summed E-state index contributed by atoms with van der Waals surface area (Å²) in [4.78, 5) is 47.3. The Morgan fingerprint density at radius 2 is 2.04 bits per heavy atom. The molecule has 0 aliphatic carbocycles. The Morgan fingerprint density at radius 1 is 1.38 bits per heavy atom. The fourth-order valence-electron chi connectivity index (χ4n) is 1.81. The molecule has 1 aromatic heterocycles. The first-order valence-electron chi connectivity index (χ1n) is 7.17. The third-order valence-corrected chi connectivity index (χ3v) is 5.00. The van der Waals surface area contributed by atoms with Gasteiger partial charge in [0, 0.05) is 31.0 Å². The second-order valence-corrected chi connectivity index (χ2v) is 7.51. The highest BCUT2D eigenvalue weighted by atomic mass is 32.2. The number of sulfone groups is 1. The first-order chi connectivity index (χ1) is 11.1. The third-order valence-electron chi connectivity index (χ3n) is 3.27. The maximum absolute atomic E-state index is 11.8. The van der Waals surface area contributed by atoms with Gasteiger partial charge >= 0.3 is 11.7 Å². The number of carbonyl (C=O) groups excluding carboxylic acids is 1. The minimum Gasteiger partial charge on any atom is -0.480 e. The first-order valence-corrected chi connectivity index (χ1v) is 8.99.